The Kier molecular flexibility index (Phi) is 5.99. The summed E-state index contributed by atoms with van der Waals surface area (Å²) in [5.74, 6) is 0.718. The van der Waals surface area contributed by atoms with Gasteiger partial charge in [0.2, 0.25) is 17.7 Å². The summed E-state index contributed by atoms with van der Waals surface area (Å²) in [7, 11) is 0. The number of esters is 1. The molecule has 138 valence electrons. The smallest absolute Gasteiger partial charge is 0.309 e. The van der Waals surface area contributed by atoms with Crippen molar-refractivity contribution in [2.45, 2.75) is 32.6 Å². The first kappa shape index (κ1) is 18.1. The third-order valence-corrected chi connectivity index (χ3v) is 4.51. The van der Waals surface area contributed by atoms with Crippen LogP contribution < -0.4 is 0 Å². The fourth-order valence-electron chi connectivity index (χ4n) is 3.05. The van der Waals surface area contributed by atoms with Gasteiger partial charge in [0.15, 0.2) is 0 Å². The van der Waals surface area contributed by atoms with Crippen LogP contribution in [0.1, 0.15) is 32.1 Å². The van der Waals surface area contributed by atoms with Crippen molar-refractivity contribution in [1.29, 1.82) is 0 Å². The molecule has 0 radical (unpaired) electrons. The van der Waals surface area contributed by atoms with Crippen LogP contribution in [0.3, 0.4) is 0 Å². The molecule has 1 aliphatic heterocycles. The van der Waals surface area contributed by atoms with Crippen LogP contribution in [-0.2, 0) is 20.7 Å². The molecule has 26 heavy (non-hydrogen) atoms. The van der Waals surface area contributed by atoms with Crippen LogP contribution in [0.25, 0.3) is 11.5 Å². The van der Waals surface area contributed by atoms with Gasteiger partial charge < -0.3 is 14.1 Å². The van der Waals surface area contributed by atoms with Gasteiger partial charge in [0.05, 0.1) is 12.5 Å². The molecule has 0 unspecified atom stereocenters. The first-order chi connectivity index (χ1) is 12.7. The maximum Gasteiger partial charge on any atom is 0.309 e. The van der Waals surface area contributed by atoms with Gasteiger partial charge in [-0.05, 0) is 31.9 Å². The van der Waals surface area contributed by atoms with Gasteiger partial charge in [0, 0.05) is 31.5 Å². The Balaban J connectivity index is 1.46. The summed E-state index contributed by atoms with van der Waals surface area (Å²) in [6.07, 6.45) is 2.05. The lowest BCUT2D eigenvalue weighted by Gasteiger charge is -2.30. The summed E-state index contributed by atoms with van der Waals surface area (Å²) >= 11 is 0. The van der Waals surface area contributed by atoms with E-state index in [9.17, 15) is 9.59 Å². The van der Waals surface area contributed by atoms with Crippen molar-refractivity contribution < 1.29 is 18.7 Å². The highest BCUT2D eigenvalue weighted by Gasteiger charge is 2.28. The zero-order valence-electron chi connectivity index (χ0n) is 14.9. The number of likely N-dealkylation sites (tertiary alicyclic amines) is 1. The SMILES string of the molecule is CCOC(=O)C1CCN(C(=O)CCc2nnc(-c3ccccc3)o2)CC1. The summed E-state index contributed by atoms with van der Waals surface area (Å²) < 4.78 is 10.7. The lowest BCUT2D eigenvalue weighted by molar-refractivity contribution is -0.151. The molecule has 0 saturated carbocycles. The molecule has 1 aliphatic rings. The van der Waals surface area contributed by atoms with Crippen LogP contribution in [0.5, 0.6) is 0 Å². The Labute approximate surface area is 152 Å². The monoisotopic (exact) mass is 357 g/mol. The predicted molar refractivity (Wildman–Crippen MR) is 94.0 cm³/mol. The zero-order valence-corrected chi connectivity index (χ0v) is 14.9. The highest BCUT2D eigenvalue weighted by Crippen LogP contribution is 2.20. The second kappa shape index (κ2) is 8.60. The van der Waals surface area contributed by atoms with Crippen LogP contribution >= 0.6 is 0 Å². The summed E-state index contributed by atoms with van der Waals surface area (Å²) in [5.41, 5.74) is 0.860. The molecule has 2 heterocycles. The normalized spacial score (nSPS) is 15.0. The maximum atomic E-state index is 12.4. The lowest BCUT2D eigenvalue weighted by atomic mass is 9.97. The number of piperidine rings is 1. The largest absolute Gasteiger partial charge is 0.466 e. The molecule has 0 aliphatic carbocycles. The number of carbonyl (C=O) groups is 2. The van der Waals surface area contributed by atoms with Gasteiger partial charge in [0.1, 0.15) is 0 Å². The van der Waals surface area contributed by atoms with Gasteiger partial charge in [-0.3, -0.25) is 9.59 Å². The lowest BCUT2D eigenvalue weighted by Crippen LogP contribution is -2.40. The number of nitrogens with zero attached hydrogens (tertiary/aromatic N) is 3. The first-order valence-corrected chi connectivity index (χ1v) is 8.99. The van der Waals surface area contributed by atoms with E-state index in [4.69, 9.17) is 9.15 Å². The molecule has 0 N–H and O–H groups in total. The first-order valence-electron chi connectivity index (χ1n) is 8.99. The molecule has 0 atom stereocenters. The van der Waals surface area contributed by atoms with Crippen molar-refractivity contribution in [1.82, 2.24) is 15.1 Å². The second-order valence-electron chi connectivity index (χ2n) is 6.27. The van der Waals surface area contributed by atoms with Crippen LogP contribution in [-0.4, -0.2) is 46.7 Å². The number of hydrogen-bond acceptors (Lipinski definition) is 6. The van der Waals surface area contributed by atoms with E-state index in [0.29, 0.717) is 57.2 Å². The number of aromatic nitrogens is 2. The number of ether oxygens (including phenoxy) is 1. The van der Waals surface area contributed by atoms with Gasteiger partial charge >= 0.3 is 5.97 Å². The molecule has 2 aromatic rings. The van der Waals surface area contributed by atoms with E-state index < -0.39 is 0 Å². The average molecular weight is 357 g/mol. The molecule has 1 saturated heterocycles. The highest BCUT2D eigenvalue weighted by atomic mass is 16.5. The third kappa shape index (κ3) is 4.47. The van der Waals surface area contributed by atoms with Gasteiger partial charge in [-0.1, -0.05) is 18.2 Å². The van der Waals surface area contributed by atoms with E-state index >= 15 is 0 Å². The van der Waals surface area contributed by atoms with Gasteiger partial charge in [-0.25, -0.2) is 0 Å². The van der Waals surface area contributed by atoms with Crippen LogP contribution in [0.15, 0.2) is 34.7 Å². The minimum Gasteiger partial charge on any atom is -0.466 e. The fraction of sp³-hybridized carbons (Fsp3) is 0.474. The molecule has 1 fully saturated rings. The Morgan fingerprint density at radius 2 is 1.92 bits per heavy atom. The molecule has 1 aromatic heterocycles. The minimum absolute atomic E-state index is 0.0479. The molecular formula is C19H23N3O4. The molecule has 7 heteroatoms. The van der Waals surface area contributed by atoms with E-state index in [-0.39, 0.29) is 17.8 Å². The fourth-order valence-corrected chi connectivity index (χ4v) is 3.05. The average Bonchev–Trinajstić information content (AvgIpc) is 3.16. The standard InChI is InChI=1S/C19H23N3O4/c1-2-25-19(24)15-10-12-22(13-11-15)17(23)9-8-16-20-21-18(26-16)14-6-4-3-5-7-14/h3-7,15H,2,8-13H2,1H3. The summed E-state index contributed by atoms with van der Waals surface area (Å²) in [6, 6.07) is 9.53. The second-order valence-corrected chi connectivity index (χ2v) is 6.27. The van der Waals surface area contributed by atoms with Crippen molar-refractivity contribution in [2.75, 3.05) is 19.7 Å². The number of carbonyl (C=O) groups excluding carboxylic acids is 2. The molecule has 1 aromatic carbocycles. The van der Waals surface area contributed by atoms with E-state index in [1.807, 2.05) is 30.3 Å². The van der Waals surface area contributed by atoms with Crippen molar-refractivity contribution in [3.8, 4) is 11.5 Å². The number of amides is 1. The van der Waals surface area contributed by atoms with E-state index in [1.54, 1.807) is 11.8 Å². The van der Waals surface area contributed by atoms with Gasteiger partial charge in [-0.2, -0.15) is 0 Å². The number of hydrogen-bond donors (Lipinski definition) is 0. The molecule has 7 nitrogen and oxygen atoms in total. The quantitative estimate of drug-likeness (QED) is 0.738. The van der Waals surface area contributed by atoms with E-state index in [1.165, 1.54) is 0 Å². The third-order valence-electron chi connectivity index (χ3n) is 4.51. The maximum absolute atomic E-state index is 12.4. The number of benzene rings is 1. The van der Waals surface area contributed by atoms with E-state index in [0.717, 1.165) is 5.56 Å². The number of rotatable bonds is 6. The van der Waals surface area contributed by atoms with Crippen molar-refractivity contribution >= 4 is 11.9 Å². The Hall–Kier alpha value is -2.70. The van der Waals surface area contributed by atoms with Crippen molar-refractivity contribution in [3.63, 3.8) is 0 Å². The molecule has 0 spiro atoms. The van der Waals surface area contributed by atoms with Crippen molar-refractivity contribution in [3.05, 3.63) is 36.2 Å². The molecule has 1 amide bonds. The summed E-state index contributed by atoms with van der Waals surface area (Å²) in [5, 5.41) is 8.05. The molecule has 3 rings (SSSR count). The Morgan fingerprint density at radius 1 is 1.19 bits per heavy atom. The van der Waals surface area contributed by atoms with Gasteiger partial charge in [0.25, 0.3) is 0 Å². The predicted octanol–water partition coefficient (Wildman–Crippen LogP) is 2.47. The topological polar surface area (TPSA) is 85.5 Å². The highest BCUT2D eigenvalue weighted by molar-refractivity contribution is 5.77. The van der Waals surface area contributed by atoms with E-state index in [2.05, 4.69) is 10.2 Å². The molecular weight excluding hydrogens is 334 g/mol. The van der Waals surface area contributed by atoms with Crippen molar-refractivity contribution in [2.24, 2.45) is 5.92 Å². The summed E-state index contributed by atoms with van der Waals surface area (Å²) in [4.78, 5) is 25.9. The number of aryl methyl sites for hydroxylation is 1. The minimum atomic E-state index is -0.154. The Morgan fingerprint density at radius 3 is 2.62 bits per heavy atom. The zero-order chi connectivity index (χ0) is 18.4. The van der Waals surface area contributed by atoms with Crippen LogP contribution in [0.4, 0.5) is 0 Å². The Bertz CT molecular complexity index is 736. The van der Waals surface area contributed by atoms with Gasteiger partial charge in [-0.15, -0.1) is 10.2 Å². The summed E-state index contributed by atoms with van der Waals surface area (Å²) in [6.45, 7) is 3.37. The van der Waals surface area contributed by atoms with Crippen LogP contribution in [0, 0.1) is 5.92 Å². The molecule has 0 bridgehead atoms. The van der Waals surface area contributed by atoms with Crippen LogP contribution in [0.2, 0.25) is 0 Å².